The summed E-state index contributed by atoms with van der Waals surface area (Å²) in [6, 6.07) is 6.44. The van der Waals surface area contributed by atoms with Gasteiger partial charge < -0.3 is 4.74 Å². The topological polar surface area (TPSA) is 79.2 Å². The Kier molecular flexibility index (Phi) is 4.43. The molecule has 0 saturated heterocycles. The van der Waals surface area contributed by atoms with Gasteiger partial charge in [-0.2, -0.15) is 5.26 Å². The van der Waals surface area contributed by atoms with Crippen molar-refractivity contribution >= 4 is 10.0 Å². The Morgan fingerprint density at radius 1 is 1.40 bits per heavy atom. The van der Waals surface area contributed by atoms with Crippen molar-refractivity contribution in [1.82, 2.24) is 4.72 Å². The molecule has 1 aliphatic carbocycles. The van der Waals surface area contributed by atoms with Crippen LogP contribution in [0.1, 0.15) is 30.4 Å². The first-order chi connectivity index (χ1) is 9.47. The van der Waals surface area contributed by atoms with Crippen LogP contribution in [-0.2, 0) is 14.8 Å². The number of methoxy groups -OCH3 is 1. The molecular formula is C14H18N2O3S. The first-order valence-electron chi connectivity index (χ1n) is 6.54. The third-order valence-corrected chi connectivity index (χ3v) is 5.30. The highest BCUT2D eigenvalue weighted by Gasteiger charge is 2.31. The third kappa shape index (κ3) is 3.01. The third-order valence-electron chi connectivity index (χ3n) is 3.67. The molecule has 1 aromatic carbocycles. The van der Waals surface area contributed by atoms with Crippen molar-refractivity contribution in [2.24, 2.45) is 0 Å². The molecule has 5 nitrogen and oxygen atoms in total. The zero-order valence-corrected chi connectivity index (χ0v) is 12.4. The van der Waals surface area contributed by atoms with Crippen LogP contribution < -0.4 is 4.72 Å². The molecule has 0 amide bonds. The van der Waals surface area contributed by atoms with Gasteiger partial charge in [0, 0.05) is 13.2 Å². The van der Waals surface area contributed by atoms with Crippen LogP contribution in [0.2, 0.25) is 0 Å². The summed E-state index contributed by atoms with van der Waals surface area (Å²) in [5, 5.41) is 8.90. The van der Waals surface area contributed by atoms with Crippen LogP contribution in [0.4, 0.5) is 0 Å². The van der Waals surface area contributed by atoms with Crippen LogP contribution in [0.5, 0.6) is 0 Å². The van der Waals surface area contributed by atoms with Gasteiger partial charge in [-0.3, -0.25) is 0 Å². The fraction of sp³-hybridized carbons (Fsp3) is 0.500. The van der Waals surface area contributed by atoms with Gasteiger partial charge in [-0.1, -0.05) is 6.07 Å². The molecule has 1 aliphatic rings. The molecule has 20 heavy (non-hydrogen) atoms. The first-order valence-corrected chi connectivity index (χ1v) is 8.02. The summed E-state index contributed by atoms with van der Waals surface area (Å²) >= 11 is 0. The Morgan fingerprint density at radius 3 is 2.80 bits per heavy atom. The van der Waals surface area contributed by atoms with E-state index in [4.69, 9.17) is 10.00 Å². The lowest BCUT2D eigenvalue weighted by Gasteiger charge is -2.20. The molecule has 0 heterocycles. The second kappa shape index (κ2) is 5.92. The van der Waals surface area contributed by atoms with Crippen molar-refractivity contribution in [1.29, 1.82) is 5.26 Å². The van der Waals surface area contributed by atoms with Gasteiger partial charge in [-0.05, 0) is 43.9 Å². The number of sulfonamides is 1. The number of nitrogens with one attached hydrogen (secondary N) is 1. The number of hydrogen-bond acceptors (Lipinski definition) is 4. The minimum atomic E-state index is -3.63. The van der Waals surface area contributed by atoms with Gasteiger partial charge in [0.2, 0.25) is 10.0 Å². The van der Waals surface area contributed by atoms with Gasteiger partial charge in [-0.25, -0.2) is 13.1 Å². The standard InChI is InChI=1S/C14H18N2O3S/c1-10-6-7-11(9-15)8-14(10)20(17,18)16-12-4-3-5-13(12)19-2/h6-8,12-13,16H,3-5H2,1-2H3. The quantitative estimate of drug-likeness (QED) is 0.917. The SMILES string of the molecule is COC1CCCC1NS(=O)(=O)c1cc(C#N)ccc1C. The fourth-order valence-electron chi connectivity index (χ4n) is 2.56. The number of rotatable bonds is 4. The molecule has 2 unspecified atom stereocenters. The Bertz CT molecular complexity index is 634. The van der Waals surface area contributed by atoms with Gasteiger partial charge in [0.05, 0.1) is 22.6 Å². The molecular weight excluding hydrogens is 276 g/mol. The van der Waals surface area contributed by atoms with Crippen LogP contribution >= 0.6 is 0 Å². The highest BCUT2D eigenvalue weighted by molar-refractivity contribution is 7.89. The maximum atomic E-state index is 12.5. The number of nitrogens with zero attached hydrogens (tertiary/aromatic N) is 1. The minimum Gasteiger partial charge on any atom is -0.380 e. The zero-order chi connectivity index (χ0) is 14.8. The number of ether oxygens (including phenoxy) is 1. The Balaban J connectivity index is 2.29. The van der Waals surface area contributed by atoms with Crippen molar-refractivity contribution in [2.75, 3.05) is 7.11 Å². The lowest BCUT2D eigenvalue weighted by molar-refractivity contribution is 0.0916. The molecule has 0 radical (unpaired) electrons. The average molecular weight is 294 g/mol. The second-order valence-electron chi connectivity index (χ2n) is 5.02. The van der Waals surface area contributed by atoms with E-state index in [1.165, 1.54) is 6.07 Å². The molecule has 1 aromatic rings. The summed E-state index contributed by atoms with van der Waals surface area (Å²) in [5.41, 5.74) is 0.967. The van der Waals surface area contributed by atoms with Gasteiger partial charge in [0.25, 0.3) is 0 Å². The molecule has 6 heteroatoms. The van der Waals surface area contributed by atoms with Crippen LogP contribution in [0.25, 0.3) is 0 Å². The first kappa shape index (κ1) is 15.0. The molecule has 0 spiro atoms. The molecule has 0 aliphatic heterocycles. The van der Waals surface area contributed by atoms with Gasteiger partial charge in [0.1, 0.15) is 0 Å². The van der Waals surface area contributed by atoms with Gasteiger partial charge in [-0.15, -0.1) is 0 Å². The number of benzene rings is 1. The van der Waals surface area contributed by atoms with Crippen LogP contribution in [-0.4, -0.2) is 27.7 Å². The molecule has 0 bridgehead atoms. The van der Waals surface area contributed by atoms with Crippen molar-refractivity contribution in [3.8, 4) is 6.07 Å². The lowest BCUT2D eigenvalue weighted by atomic mass is 10.2. The Hall–Kier alpha value is -1.42. The Morgan fingerprint density at radius 2 is 2.15 bits per heavy atom. The van der Waals surface area contributed by atoms with Crippen LogP contribution in [0.3, 0.4) is 0 Å². The van der Waals surface area contributed by atoms with Crippen molar-refractivity contribution in [2.45, 2.75) is 43.2 Å². The van der Waals surface area contributed by atoms with Crippen LogP contribution in [0, 0.1) is 18.3 Å². The molecule has 2 rings (SSSR count). The van der Waals surface area contributed by atoms with E-state index in [9.17, 15) is 8.42 Å². The summed E-state index contributed by atoms with van der Waals surface area (Å²) in [6.07, 6.45) is 2.50. The monoisotopic (exact) mass is 294 g/mol. The van der Waals surface area contributed by atoms with E-state index in [0.29, 0.717) is 11.1 Å². The van der Waals surface area contributed by atoms with E-state index in [-0.39, 0.29) is 17.0 Å². The molecule has 108 valence electrons. The molecule has 1 N–H and O–H groups in total. The average Bonchev–Trinajstić information content (AvgIpc) is 2.85. The highest BCUT2D eigenvalue weighted by Crippen LogP contribution is 2.24. The van der Waals surface area contributed by atoms with Crippen molar-refractivity contribution < 1.29 is 13.2 Å². The molecule has 1 fully saturated rings. The minimum absolute atomic E-state index is 0.0794. The van der Waals surface area contributed by atoms with Crippen LogP contribution in [0.15, 0.2) is 23.1 Å². The number of hydrogen-bond donors (Lipinski definition) is 1. The van der Waals surface area contributed by atoms with E-state index in [2.05, 4.69) is 4.72 Å². The van der Waals surface area contributed by atoms with E-state index in [1.54, 1.807) is 26.2 Å². The second-order valence-corrected chi connectivity index (χ2v) is 6.71. The maximum Gasteiger partial charge on any atom is 0.241 e. The number of aryl methyl sites for hydroxylation is 1. The fourth-order valence-corrected chi connectivity index (χ4v) is 4.13. The molecule has 2 atom stereocenters. The van der Waals surface area contributed by atoms with Crippen molar-refractivity contribution in [3.63, 3.8) is 0 Å². The van der Waals surface area contributed by atoms with Crippen molar-refractivity contribution in [3.05, 3.63) is 29.3 Å². The molecule has 1 saturated carbocycles. The summed E-state index contributed by atoms with van der Waals surface area (Å²) < 4.78 is 32.9. The summed E-state index contributed by atoms with van der Waals surface area (Å²) in [6.45, 7) is 1.72. The smallest absolute Gasteiger partial charge is 0.241 e. The summed E-state index contributed by atoms with van der Waals surface area (Å²) in [4.78, 5) is 0.165. The summed E-state index contributed by atoms with van der Waals surface area (Å²) in [5.74, 6) is 0. The van der Waals surface area contributed by atoms with Gasteiger partial charge in [0.15, 0.2) is 0 Å². The lowest BCUT2D eigenvalue weighted by Crippen LogP contribution is -2.40. The van der Waals surface area contributed by atoms with E-state index >= 15 is 0 Å². The van der Waals surface area contributed by atoms with E-state index in [1.807, 2.05) is 6.07 Å². The summed E-state index contributed by atoms with van der Waals surface area (Å²) in [7, 11) is -2.04. The maximum absolute atomic E-state index is 12.5. The van der Waals surface area contributed by atoms with E-state index in [0.717, 1.165) is 19.3 Å². The Labute approximate surface area is 119 Å². The normalized spacial score (nSPS) is 22.6. The van der Waals surface area contributed by atoms with Gasteiger partial charge >= 0.3 is 0 Å². The number of nitriles is 1. The predicted octanol–water partition coefficient (Wildman–Crippen LogP) is 1.71. The zero-order valence-electron chi connectivity index (χ0n) is 11.6. The largest absolute Gasteiger partial charge is 0.380 e. The highest BCUT2D eigenvalue weighted by atomic mass is 32.2. The predicted molar refractivity (Wildman–Crippen MR) is 74.7 cm³/mol. The molecule has 0 aromatic heterocycles. The van der Waals surface area contributed by atoms with E-state index < -0.39 is 10.0 Å².